The average Bonchev–Trinajstić information content (AvgIpc) is 2.70. The summed E-state index contributed by atoms with van der Waals surface area (Å²) in [7, 11) is 2.22. The Kier molecular flexibility index (Phi) is 4.86. The molecule has 0 spiro atoms. The van der Waals surface area contributed by atoms with Crippen LogP contribution in [-0.4, -0.2) is 41.1 Å². The number of hydrogen-bond acceptors (Lipinski definition) is 3. The van der Waals surface area contributed by atoms with E-state index in [1.54, 1.807) is 0 Å². The number of aromatic nitrogens is 2. The zero-order valence-electron chi connectivity index (χ0n) is 12.8. The summed E-state index contributed by atoms with van der Waals surface area (Å²) < 4.78 is 2.31. The molecule has 0 unspecified atom stereocenters. The molecule has 1 aromatic heterocycles. The molecular formula is C15H28N4. The lowest BCUT2D eigenvalue weighted by molar-refractivity contribution is 0.205. The van der Waals surface area contributed by atoms with Gasteiger partial charge in [-0.3, -0.25) is 0 Å². The van der Waals surface area contributed by atoms with E-state index in [1.165, 1.54) is 25.9 Å². The number of anilines is 1. The molecule has 1 saturated heterocycles. The van der Waals surface area contributed by atoms with Gasteiger partial charge in [0.2, 0.25) is 5.95 Å². The number of piperidine rings is 1. The van der Waals surface area contributed by atoms with Gasteiger partial charge in [-0.25, -0.2) is 4.98 Å². The molecule has 0 aliphatic carbocycles. The summed E-state index contributed by atoms with van der Waals surface area (Å²) in [6, 6.07) is 0. The molecule has 4 nitrogen and oxygen atoms in total. The minimum Gasteiger partial charge on any atom is -0.355 e. The summed E-state index contributed by atoms with van der Waals surface area (Å²) in [5.74, 6) is 2.49. The molecule has 2 heterocycles. The number of rotatable bonds is 5. The van der Waals surface area contributed by atoms with Crippen molar-refractivity contribution >= 4 is 5.95 Å². The van der Waals surface area contributed by atoms with Gasteiger partial charge in [-0.2, -0.15) is 0 Å². The zero-order valence-corrected chi connectivity index (χ0v) is 12.8. The van der Waals surface area contributed by atoms with Crippen molar-refractivity contribution in [1.29, 1.82) is 0 Å². The maximum Gasteiger partial charge on any atom is 0.203 e. The first-order valence-corrected chi connectivity index (χ1v) is 7.50. The molecular weight excluding hydrogens is 236 g/mol. The first-order valence-electron chi connectivity index (χ1n) is 7.50. The number of likely N-dealkylation sites (tertiary alicyclic amines) is 1. The van der Waals surface area contributed by atoms with Gasteiger partial charge in [-0.05, 0) is 51.7 Å². The van der Waals surface area contributed by atoms with Crippen molar-refractivity contribution in [1.82, 2.24) is 14.5 Å². The van der Waals surface area contributed by atoms with Gasteiger partial charge in [0.1, 0.15) is 0 Å². The molecule has 1 aliphatic heterocycles. The Morgan fingerprint density at radius 2 is 2.05 bits per heavy atom. The van der Waals surface area contributed by atoms with Crippen molar-refractivity contribution in [3.05, 3.63) is 11.9 Å². The summed E-state index contributed by atoms with van der Waals surface area (Å²) in [4.78, 5) is 7.03. The van der Waals surface area contributed by atoms with Gasteiger partial charge in [-0.15, -0.1) is 0 Å². The maximum atomic E-state index is 4.60. The van der Waals surface area contributed by atoms with Crippen LogP contribution in [0.3, 0.4) is 0 Å². The van der Waals surface area contributed by atoms with Gasteiger partial charge < -0.3 is 14.8 Å². The van der Waals surface area contributed by atoms with Crippen molar-refractivity contribution in [3.8, 4) is 0 Å². The van der Waals surface area contributed by atoms with E-state index in [4.69, 9.17) is 0 Å². The fraction of sp³-hybridized carbons (Fsp3) is 0.800. The fourth-order valence-electron chi connectivity index (χ4n) is 2.65. The lowest BCUT2D eigenvalue weighted by atomic mass is 9.97. The van der Waals surface area contributed by atoms with Crippen LogP contribution in [-0.2, 0) is 6.54 Å². The Morgan fingerprint density at radius 1 is 1.37 bits per heavy atom. The lowest BCUT2D eigenvalue weighted by Gasteiger charge is -2.29. The van der Waals surface area contributed by atoms with Crippen LogP contribution < -0.4 is 5.32 Å². The monoisotopic (exact) mass is 264 g/mol. The van der Waals surface area contributed by atoms with E-state index in [0.717, 1.165) is 30.6 Å². The van der Waals surface area contributed by atoms with Crippen LogP contribution in [0, 0.1) is 18.8 Å². The summed E-state index contributed by atoms with van der Waals surface area (Å²) >= 11 is 0. The highest BCUT2D eigenvalue weighted by molar-refractivity contribution is 5.28. The van der Waals surface area contributed by atoms with Gasteiger partial charge in [0.25, 0.3) is 0 Å². The van der Waals surface area contributed by atoms with E-state index < -0.39 is 0 Å². The van der Waals surface area contributed by atoms with Crippen molar-refractivity contribution in [2.75, 3.05) is 32.0 Å². The van der Waals surface area contributed by atoms with Crippen LogP contribution in [0.15, 0.2) is 6.20 Å². The predicted octanol–water partition coefficient (Wildman–Crippen LogP) is 2.60. The number of nitrogens with one attached hydrogen (secondary N) is 1. The summed E-state index contributed by atoms with van der Waals surface area (Å²) in [6.45, 7) is 11.1. The molecule has 4 heteroatoms. The second kappa shape index (κ2) is 6.42. The van der Waals surface area contributed by atoms with Gasteiger partial charge in [-0.1, -0.05) is 13.8 Å². The zero-order chi connectivity index (χ0) is 13.8. The first kappa shape index (κ1) is 14.4. The van der Waals surface area contributed by atoms with Crippen molar-refractivity contribution in [2.45, 2.75) is 40.2 Å². The van der Waals surface area contributed by atoms with Crippen molar-refractivity contribution in [3.63, 3.8) is 0 Å². The topological polar surface area (TPSA) is 33.1 Å². The molecule has 0 amide bonds. The molecule has 108 valence electrons. The van der Waals surface area contributed by atoms with E-state index in [-0.39, 0.29) is 0 Å². The van der Waals surface area contributed by atoms with Gasteiger partial charge in [0, 0.05) is 19.3 Å². The van der Waals surface area contributed by atoms with Crippen molar-refractivity contribution < 1.29 is 0 Å². The van der Waals surface area contributed by atoms with Crippen molar-refractivity contribution in [2.24, 2.45) is 11.8 Å². The molecule has 1 fully saturated rings. The molecule has 1 aromatic rings. The SMILES string of the molecule is Cc1cn(CC2CCN(C)CC2)c(NCC(C)C)n1. The molecule has 2 rings (SSSR count). The van der Waals surface area contributed by atoms with E-state index in [1.807, 2.05) is 0 Å². The third-order valence-corrected chi connectivity index (χ3v) is 3.86. The molecule has 1 N–H and O–H groups in total. The highest BCUT2D eigenvalue weighted by atomic mass is 15.2. The summed E-state index contributed by atoms with van der Waals surface area (Å²) in [5.41, 5.74) is 1.11. The van der Waals surface area contributed by atoms with Crippen LogP contribution in [0.1, 0.15) is 32.4 Å². The molecule has 0 bridgehead atoms. The first-order chi connectivity index (χ1) is 9.04. The van der Waals surface area contributed by atoms with E-state index in [2.05, 4.69) is 53.8 Å². The Bertz CT molecular complexity index is 389. The molecule has 0 saturated carbocycles. The Morgan fingerprint density at radius 3 is 2.68 bits per heavy atom. The molecule has 0 aromatic carbocycles. The average molecular weight is 264 g/mol. The summed E-state index contributed by atoms with van der Waals surface area (Å²) in [6.07, 6.45) is 4.79. The third kappa shape index (κ3) is 4.23. The fourth-order valence-corrected chi connectivity index (χ4v) is 2.65. The Hall–Kier alpha value is -1.03. The number of imidazole rings is 1. The quantitative estimate of drug-likeness (QED) is 0.887. The molecule has 0 atom stereocenters. The molecule has 1 aliphatic rings. The normalized spacial score (nSPS) is 18.2. The molecule has 19 heavy (non-hydrogen) atoms. The van der Waals surface area contributed by atoms with Crippen LogP contribution >= 0.6 is 0 Å². The largest absolute Gasteiger partial charge is 0.355 e. The number of nitrogens with zero attached hydrogens (tertiary/aromatic N) is 3. The second-order valence-electron chi connectivity index (χ2n) is 6.38. The van der Waals surface area contributed by atoms with Crippen LogP contribution in [0.25, 0.3) is 0 Å². The maximum absolute atomic E-state index is 4.60. The summed E-state index contributed by atoms with van der Waals surface area (Å²) in [5, 5.41) is 3.47. The Labute approximate surface area is 117 Å². The van der Waals surface area contributed by atoms with Gasteiger partial charge >= 0.3 is 0 Å². The lowest BCUT2D eigenvalue weighted by Crippen LogP contribution is -2.32. The van der Waals surface area contributed by atoms with Gasteiger partial charge in [0.15, 0.2) is 0 Å². The Balaban J connectivity index is 1.95. The standard InChI is InChI=1S/C15H28N4/c1-12(2)9-16-15-17-13(3)10-19(15)11-14-5-7-18(4)8-6-14/h10,12,14H,5-9,11H2,1-4H3,(H,16,17). The highest BCUT2D eigenvalue weighted by Crippen LogP contribution is 2.20. The third-order valence-electron chi connectivity index (χ3n) is 3.86. The molecule has 0 radical (unpaired) electrons. The number of hydrogen-bond donors (Lipinski definition) is 1. The second-order valence-corrected chi connectivity index (χ2v) is 6.38. The van der Waals surface area contributed by atoms with Crippen LogP contribution in [0.4, 0.5) is 5.95 Å². The highest BCUT2D eigenvalue weighted by Gasteiger charge is 2.18. The van der Waals surface area contributed by atoms with E-state index in [9.17, 15) is 0 Å². The van der Waals surface area contributed by atoms with E-state index in [0.29, 0.717) is 5.92 Å². The minimum absolute atomic E-state index is 0.647. The van der Waals surface area contributed by atoms with E-state index >= 15 is 0 Å². The van der Waals surface area contributed by atoms with Crippen LogP contribution in [0.5, 0.6) is 0 Å². The minimum atomic E-state index is 0.647. The van der Waals surface area contributed by atoms with Gasteiger partial charge in [0.05, 0.1) is 5.69 Å². The number of aryl methyl sites for hydroxylation is 1. The smallest absolute Gasteiger partial charge is 0.203 e. The van der Waals surface area contributed by atoms with Crippen LogP contribution in [0.2, 0.25) is 0 Å². The predicted molar refractivity (Wildman–Crippen MR) is 80.5 cm³/mol.